The fraction of sp³-hybridized carbons (Fsp3) is 0.333. The van der Waals surface area contributed by atoms with Gasteiger partial charge in [0.25, 0.3) is 0 Å². The Morgan fingerprint density at radius 2 is 1.95 bits per heavy atom. The highest BCUT2D eigenvalue weighted by Crippen LogP contribution is 2.29. The summed E-state index contributed by atoms with van der Waals surface area (Å²) in [5.74, 6) is 0. The van der Waals surface area contributed by atoms with E-state index >= 15 is 0 Å². The first-order valence-corrected chi connectivity index (χ1v) is 8.51. The average molecular weight is 367 g/mol. The van der Waals surface area contributed by atoms with Gasteiger partial charge in [-0.05, 0) is 55.1 Å². The molecular formula is C18H21BrClN. The van der Waals surface area contributed by atoms with Gasteiger partial charge in [0, 0.05) is 15.5 Å². The first kappa shape index (κ1) is 16.5. The van der Waals surface area contributed by atoms with Crippen LogP contribution in [0.2, 0.25) is 5.02 Å². The zero-order valence-corrected chi connectivity index (χ0v) is 14.8. The summed E-state index contributed by atoms with van der Waals surface area (Å²) < 4.78 is 1.16. The van der Waals surface area contributed by atoms with E-state index < -0.39 is 0 Å². The third kappa shape index (κ3) is 4.57. The first-order chi connectivity index (χ1) is 10.1. The van der Waals surface area contributed by atoms with Gasteiger partial charge in [-0.3, -0.25) is 0 Å². The largest absolute Gasteiger partial charge is 0.310 e. The van der Waals surface area contributed by atoms with Crippen LogP contribution in [0.5, 0.6) is 0 Å². The first-order valence-electron chi connectivity index (χ1n) is 7.34. The lowest BCUT2D eigenvalue weighted by Crippen LogP contribution is -2.24. The molecule has 2 rings (SSSR count). The molecule has 0 bridgehead atoms. The van der Waals surface area contributed by atoms with Crippen LogP contribution in [0.25, 0.3) is 0 Å². The molecule has 3 heteroatoms. The molecule has 0 heterocycles. The Bertz CT molecular complexity index is 598. The smallest absolute Gasteiger partial charge is 0.0438 e. The third-order valence-corrected chi connectivity index (χ3v) is 4.61. The lowest BCUT2D eigenvalue weighted by Gasteiger charge is -2.21. The van der Waals surface area contributed by atoms with Gasteiger partial charge >= 0.3 is 0 Å². The Kier molecular flexibility index (Phi) is 6.28. The van der Waals surface area contributed by atoms with Gasteiger partial charge in [0.2, 0.25) is 0 Å². The van der Waals surface area contributed by atoms with Crippen molar-refractivity contribution in [3.8, 4) is 0 Å². The molecule has 1 atom stereocenters. The molecule has 0 aliphatic rings. The molecule has 21 heavy (non-hydrogen) atoms. The van der Waals surface area contributed by atoms with Crippen LogP contribution < -0.4 is 5.32 Å². The molecule has 0 fully saturated rings. The van der Waals surface area contributed by atoms with Gasteiger partial charge in [0.15, 0.2) is 0 Å². The predicted molar refractivity (Wildman–Crippen MR) is 95.1 cm³/mol. The molecule has 1 N–H and O–H groups in total. The van der Waals surface area contributed by atoms with Crippen molar-refractivity contribution < 1.29 is 0 Å². The number of hydrogen-bond acceptors (Lipinski definition) is 1. The maximum Gasteiger partial charge on any atom is 0.0438 e. The van der Waals surface area contributed by atoms with E-state index in [1.165, 1.54) is 16.7 Å². The zero-order valence-electron chi connectivity index (χ0n) is 12.5. The average Bonchev–Trinajstić information content (AvgIpc) is 2.46. The molecule has 0 spiro atoms. The molecule has 1 nitrogen and oxygen atoms in total. The van der Waals surface area contributed by atoms with E-state index in [1.807, 2.05) is 18.2 Å². The Morgan fingerprint density at radius 1 is 1.19 bits per heavy atom. The summed E-state index contributed by atoms with van der Waals surface area (Å²) in [6, 6.07) is 14.9. The van der Waals surface area contributed by atoms with Crippen molar-refractivity contribution in [2.24, 2.45) is 0 Å². The summed E-state index contributed by atoms with van der Waals surface area (Å²) >= 11 is 10.0. The molecule has 0 saturated heterocycles. The minimum absolute atomic E-state index is 0.264. The number of nitrogens with one attached hydrogen (secondary N) is 1. The summed E-state index contributed by atoms with van der Waals surface area (Å²) in [4.78, 5) is 0. The van der Waals surface area contributed by atoms with E-state index in [4.69, 9.17) is 11.6 Å². The number of aryl methyl sites for hydroxylation is 1. The second-order valence-electron chi connectivity index (χ2n) is 5.33. The Labute approximate surface area is 140 Å². The van der Waals surface area contributed by atoms with Crippen LogP contribution in [0.15, 0.2) is 46.9 Å². The molecule has 0 aliphatic heterocycles. The second kappa shape index (κ2) is 7.98. The standard InChI is InChI=1S/C18H21BrClN/c1-3-10-21-18(12-14-6-4-5-7-17(14)20)15-9-8-13(2)11-16(15)19/h4-9,11,18,21H,3,10,12H2,1-2H3. The Morgan fingerprint density at radius 3 is 2.62 bits per heavy atom. The fourth-order valence-electron chi connectivity index (χ4n) is 2.41. The monoisotopic (exact) mass is 365 g/mol. The zero-order chi connectivity index (χ0) is 15.2. The number of halogens is 2. The Hall–Kier alpha value is -0.830. The molecule has 112 valence electrons. The molecule has 0 amide bonds. The minimum atomic E-state index is 0.264. The van der Waals surface area contributed by atoms with Gasteiger partial charge in [-0.2, -0.15) is 0 Å². The molecule has 0 aliphatic carbocycles. The molecule has 0 aromatic heterocycles. The van der Waals surface area contributed by atoms with Crippen molar-refractivity contribution in [1.82, 2.24) is 5.32 Å². The molecule has 0 saturated carbocycles. The normalized spacial score (nSPS) is 12.4. The highest BCUT2D eigenvalue weighted by atomic mass is 79.9. The van der Waals surface area contributed by atoms with Crippen molar-refractivity contribution in [2.75, 3.05) is 6.54 Å². The maximum atomic E-state index is 6.32. The van der Waals surface area contributed by atoms with Crippen molar-refractivity contribution in [2.45, 2.75) is 32.7 Å². The molecule has 2 aromatic carbocycles. The molecule has 1 unspecified atom stereocenters. The summed E-state index contributed by atoms with van der Waals surface area (Å²) in [6.07, 6.45) is 2.00. The van der Waals surface area contributed by atoms with Crippen LogP contribution in [-0.2, 0) is 6.42 Å². The van der Waals surface area contributed by atoms with E-state index in [-0.39, 0.29) is 6.04 Å². The maximum absolute atomic E-state index is 6.32. The van der Waals surface area contributed by atoms with Crippen LogP contribution in [-0.4, -0.2) is 6.54 Å². The second-order valence-corrected chi connectivity index (χ2v) is 6.59. The van der Waals surface area contributed by atoms with E-state index in [0.29, 0.717) is 0 Å². The summed E-state index contributed by atoms with van der Waals surface area (Å²) in [5.41, 5.74) is 3.73. The van der Waals surface area contributed by atoms with Gasteiger partial charge in [-0.1, -0.05) is 64.8 Å². The van der Waals surface area contributed by atoms with E-state index in [1.54, 1.807) is 0 Å². The van der Waals surface area contributed by atoms with Gasteiger partial charge < -0.3 is 5.32 Å². The highest BCUT2D eigenvalue weighted by Gasteiger charge is 2.16. The van der Waals surface area contributed by atoms with Crippen LogP contribution in [0.3, 0.4) is 0 Å². The SMILES string of the molecule is CCCNC(Cc1ccccc1Cl)c1ccc(C)cc1Br. The third-order valence-electron chi connectivity index (χ3n) is 3.55. The van der Waals surface area contributed by atoms with Gasteiger partial charge in [0.05, 0.1) is 0 Å². The molecular weight excluding hydrogens is 346 g/mol. The fourth-order valence-corrected chi connectivity index (χ4v) is 3.39. The predicted octanol–water partition coefficient (Wildman–Crippen LogP) is 5.69. The van der Waals surface area contributed by atoms with Crippen LogP contribution in [0.4, 0.5) is 0 Å². The number of benzene rings is 2. The van der Waals surface area contributed by atoms with E-state index in [9.17, 15) is 0 Å². The van der Waals surface area contributed by atoms with Gasteiger partial charge in [-0.25, -0.2) is 0 Å². The highest BCUT2D eigenvalue weighted by molar-refractivity contribution is 9.10. The van der Waals surface area contributed by atoms with Gasteiger partial charge in [0.1, 0.15) is 0 Å². The van der Waals surface area contributed by atoms with Crippen LogP contribution >= 0.6 is 27.5 Å². The van der Waals surface area contributed by atoms with Crippen LogP contribution in [0.1, 0.15) is 36.1 Å². The van der Waals surface area contributed by atoms with Crippen molar-refractivity contribution >= 4 is 27.5 Å². The number of hydrogen-bond donors (Lipinski definition) is 1. The summed E-state index contributed by atoms with van der Waals surface area (Å²) in [7, 11) is 0. The molecule has 0 radical (unpaired) electrons. The summed E-state index contributed by atoms with van der Waals surface area (Å²) in [6.45, 7) is 5.29. The molecule has 2 aromatic rings. The lowest BCUT2D eigenvalue weighted by atomic mass is 9.98. The van der Waals surface area contributed by atoms with Crippen molar-refractivity contribution in [3.63, 3.8) is 0 Å². The van der Waals surface area contributed by atoms with Crippen molar-refractivity contribution in [3.05, 3.63) is 68.7 Å². The quantitative estimate of drug-likeness (QED) is 0.692. The lowest BCUT2D eigenvalue weighted by molar-refractivity contribution is 0.527. The van der Waals surface area contributed by atoms with Crippen LogP contribution in [0, 0.1) is 6.92 Å². The van der Waals surface area contributed by atoms with E-state index in [2.05, 4.69) is 59.4 Å². The van der Waals surface area contributed by atoms with E-state index in [0.717, 1.165) is 28.9 Å². The minimum Gasteiger partial charge on any atom is -0.310 e. The van der Waals surface area contributed by atoms with Crippen molar-refractivity contribution in [1.29, 1.82) is 0 Å². The Balaban J connectivity index is 2.27. The number of rotatable bonds is 6. The van der Waals surface area contributed by atoms with Gasteiger partial charge in [-0.15, -0.1) is 0 Å². The topological polar surface area (TPSA) is 12.0 Å². The summed E-state index contributed by atoms with van der Waals surface area (Å²) in [5, 5.41) is 4.47.